The fourth-order valence-electron chi connectivity index (χ4n) is 1.48. The van der Waals surface area contributed by atoms with E-state index in [0.29, 0.717) is 11.5 Å². The van der Waals surface area contributed by atoms with Crippen molar-refractivity contribution in [3.05, 3.63) is 46.3 Å². The molecule has 6 heteroatoms. The van der Waals surface area contributed by atoms with Crippen molar-refractivity contribution in [3.63, 3.8) is 0 Å². The Labute approximate surface area is 119 Å². The number of benzene rings is 1. The van der Waals surface area contributed by atoms with Gasteiger partial charge in [-0.25, -0.2) is 9.97 Å². The van der Waals surface area contributed by atoms with Crippen LogP contribution in [0.15, 0.2) is 35.1 Å². The first kappa shape index (κ1) is 12.9. The van der Waals surface area contributed by atoms with Gasteiger partial charge in [0.1, 0.15) is 10.7 Å². The largest absolute Gasteiger partial charge is 0.388 e. The highest BCUT2D eigenvalue weighted by atomic mass is 79.9. The molecule has 0 unspecified atom stereocenters. The average Bonchev–Trinajstić information content (AvgIpc) is 2.35. The monoisotopic (exact) mass is 322 g/mol. The van der Waals surface area contributed by atoms with Crippen LogP contribution in [0.2, 0.25) is 0 Å². The minimum absolute atomic E-state index is 0.221. The van der Waals surface area contributed by atoms with Gasteiger partial charge in [0, 0.05) is 22.6 Å². The van der Waals surface area contributed by atoms with Gasteiger partial charge in [-0.05, 0) is 24.6 Å². The smallest absolute Gasteiger partial charge is 0.159 e. The third kappa shape index (κ3) is 2.65. The number of anilines is 2. The summed E-state index contributed by atoms with van der Waals surface area (Å²) in [6.45, 7) is 2.00. The van der Waals surface area contributed by atoms with Gasteiger partial charge >= 0.3 is 0 Å². The zero-order valence-corrected chi connectivity index (χ0v) is 12.0. The normalized spacial score (nSPS) is 10.1. The van der Waals surface area contributed by atoms with E-state index >= 15 is 0 Å². The Bertz CT molecular complexity index is 600. The molecule has 4 nitrogen and oxygen atoms in total. The number of nitrogens with one attached hydrogen (secondary N) is 1. The Morgan fingerprint density at radius 1 is 1.33 bits per heavy atom. The molecule has 0 aliphatic carbocycles. The first-order chi connectivity index (χ1) is 8.59. The SMILES string of the molecule is Cc1c(Br)cccc1Nc1nccnc1C(N)=S. The maximum atomic E-state index is 5.62. The highest BCUT2D eigenvalue weighted by Gasteiger charge is 2.09. The van der Waals surface area contributed by atoms with Gasteiger partial charge in [-0.15, -0.1) is 0 Å². The van der Waals surface area contributed by atoms with E-state index < -0.39 is 0 Å². The van der Waals surface area contributed by atoms with Crippen LogP contribution in [0.5, 0.6) is 0 Å². The molecule has 0 bridgehead atoms. The van der Waals surface area contributed by atoms with Crippen LogP contribution in [0.25, 0.3) is 0 Å². The molecule has 3 N–H and O–H groups in total. The lowest BCUT2D eigenvalue weighted by molar-refractivity contribution is 1.17. The second-order valence-electron chi connectivity index (χ2n) is 3.66. The van der Waals surface area contributed by atoms with Crippen molar-refractivity contribution in [1.82, 2.24) is 9.97 Å². The number of hydrogen-bond acceptors (Lipinski definition) is 4. The van der Waals surface area contributed by atoms with Crippen molar-refractivity contribution in [2.24, 2.45) is 5.73 Å². The minimum Gasteiger partial charge on any atom is -0.388 e. The second kappa shape index (κ2) is 5.41. The van der Waals surface area contributed by atoms with Gasteiger partial charge in [0.15, 0.2) is 5.82 Å². The fraction of sp³-hybridized carbons (Fsp3) is 0.0833. The number of halogens is 1. The summed E-state index contributed by atoms with van der Waals surface area (Å²) in [5, 5.41) is 3.19. The summed E-state index contributed by atoms with van der Waals surface area (Å²) in [5.74, 6) is 0.561. The number of thiocarbonyl (C=S) groups is 1. The molecule has 0 radical (unpaired) electrons. The molecule has 1 aromatic carbocycles. The predicted octanol–water partition coefficient (Wildman–Crippen LogP) is 2.93. The van der Waals surface area contributed by atoms with Gasteiger partial charge in [-0.3, -0.25) is 0 Å². The number of rotatable bonds is 3. The first-order valence-corrected chi connectivity index (χ1v) is 6.42. The fourth-order valence-corrected chi connectivity index (χ4v) is 2.00. The molecule has 0 saturated carbocycles. The topological polar surface area (TPSA) is 63.8 Å². The van der Waals surface area contributed by atoms with Gasteiger partial charge in [0.2, 0.25) is 0 Å². The average molecular weight is 323 g/mol. The molecule has 18 heavy (non-hydrogen) atoms. The Kier molecular flexibility index (Phi) is 3.88. The van der Waals surface area contributed by atoms with Crippen LogP contribution in [0.1, 0.15) is 11.3 Å². The molecule has 2 aromatic rings. The molecule has 0 aliphatic rings. The van der Waals surface area contributed by atoms with E-state index in [2.05, 4.69) is 31.2 Å². The Balaban J connectivity index is 2.40. The van der Waals surface area contributed by atoms with E-state index in [4.69, 9.17) is 18.0 Å². The zero-order valence-electron chi connectivity index (χ0n) is 9.64. The van der Waals surface area contributed by atoms with Crippen LogP contribution in [0, 0.1) is 6.92 Å². The van der Waals surface area contributed by atoms with Crippen molar-refractivity contribution in [1.29, 1.82) is 0 Å². The molecule has 0 amide bonds. The van der Waals surface area contributed by atoms with Crippen molar-refractivity contribution < 1.29 is 0 Å². The molecule has 1 heterocycles. The van der Waals surface area contributed by atoms with E-state index in [0.717, 1.165) is 15.7 Å². The van der Waals surface area contributed by atoms with Gasteiger partial charge in [-0.2, -0.15) is 0 Å². The number of nitrogens with two attached hydrogens (primary N) is 1. The summed E-state index contributed by atoms with van der Waals surface area (Å²) < 4.78 is 1.02. The third-order valence-electron chi connectivity index (χ3n) is 2.45. The van der Waals surface area contributed by atoms with Gasteiger partial charge < -0.3 is 11.1 Å². The molecule has 1 aromatic heterocycles. The standard InChI is InChI=1S/C12H11BrN4S/c1-7-8(13)3-2-4-9(7)17-12-10(11(14)18)15-5-6-16-12/h2-6H,1H3,(H2,14,18)(H,16,17). The summed E-state index contributed by atoms with van der Waals surface area (Å²) in [4.78, 5) is 8.55. The Morgan fingerprint density at radius 2 is 2.06 bits per heavy atom. The van der Waals surface area contributed by atoms with Crippen molar-refractivity contribution >= 4 is 44.6 Å². The summed E-state index contributed by atoms with van der Waals surface area (Å²) in [6, 6.07) is 5.88. The number of aromatic nitrogens is 2. The van der Waals surface area contributed by atoms with Crippen LogP contribution in [-0.4, -0.2) is 15.0 Å². The molecule has 0 fully saturated rings. The molecule has 92 valence electrons. The highest BCUT2D eigenvalue weighted by Crippen LogP contribution is 2.26. The van der Waals surface area contributed by atoms with Crippen molar-refractivity contribution in [2.75, 3.05) is 5.32 Å². The van der Waals surface area contributed by atoms with E-state index in [9.17, 15) is 0 Å². The predicted molar refractivity (Wildman–Crippen MR) is 80.1 cm³/mol. The Morgan fingerprint density at radius 3 is 2.78 bits per heavy atom. The zero-order chi connectivity index (χ0) is 13.1. The third-order valence-corrected chi connectivity index (χ3v) is 3.50. The minimum atomic E-state index is 0.221. The lowest BCUT2D eigenvalue weighted by atomic mass is 10.2. The van der Waals surface area contributed by atoms with Crippen LogP contribution in [0.3, 0.4) is 0 Å². The Hall–Kier alpha value is -1.53. The second-order valence-corrected chi connectivity index (χ2v) is 4.95. The van der Waals surface area contributed by atoms with E-state index in [1.165, 1.54) is 0 Å². The van der Waals surface area contributed by atoms with Crippen molar-refractivity contribution in [2.45, 2.75) is 6.92 Å². The van der Waals surface area contributed by atoms with Crippen LogP contribution >= 0.6 is 28.1 Å². The molecular weight excluding hydrogens is 312 g/mol. The van der Waals surface area contributed by atoms with Crippen LogP contribution in [-0.2, 0) is 0 Å². The highest BCUT2D eigenvalue weighted by molar-refractivity contribution is 9.10. The van der Waals surface area contributed by atoms with Gasteiger partial charge in [0.25, 0.3) is 0 Å². The molecule has 0 aliphatic heterocycles. The molecule has 0 atom stereocenters. The maximum Gasteiger partial charge on any atom is 0.159 e. The van der Waals surface area contributed by atoms with E-state index in [-0.39, 0.29) is 4.99 Å². The van der Waals surface area contributed by atoms with Crippen LogP contribution in [0.4, 0.5) is 11.5 Å². The maximum absolute atomic E-state index is 5.62. The van der Waals surface area contributed by atoms with E-state index in [1.807, 2.05) is 25.1 Å². The lowest BCUT2D eigenvalue weighted by Crippen LogP contribution is -2.15. The van der Waals surface area contributed by atoms with Crippen molar-refractivity contribution in [3.8, 4) is 0 Å². The van der Waals surface area contributed by atoms with E-state index in [1.54, 1.807) is 12.4 Å². The quantitative estimate of drug-likeness (QED) is 0.851. The molecule has 2 rings (SSSR count). The van der Waals surface area contributed by atoms with Gasteiger partial charge in [0.05, 0.1) is 0 Å². The summed E-state index contributed by atoms with van der Waals surface area (Å²) in [7, 11) is 0. The number of hydrogen-bond donors (Lipinski definition) is 2. The van der Waals surface area contributed by atoms with Crippen LogP contribution < -0.4 is 11.1 Å². The molecular formula is C12H11BrN4S. The van der Waals surface area contributed by atoms with Gasteiger partial charge in [-0.1, -0.05) is 34.2 Å². The molecule has 0 spiro atoms. The lowest BCUT2D eigenvalue weighted by Gasteiger charge is -2.12. The summed E-state index contributed by atoms with van der Waals surface area (Å²) in [5.41, 5.74) is 8.12. The molecule has 0 saturated heterocycles. The number of nitrogens with zero attached hydrogens (tertiary/aromatic N) is 2. The first-order valence-electron chi connectivity index (χ1n) is 5.22. The summed E-state index contributed by atoms with van der Waals surface area (Å²) >= 11 is 8.43. The summed E-state index contributed by atoms with van der Waals surface area (Å²) in [6.07, 6.45) is 3.16.